The Morgan fingerprint density at radius 1 is 1.06 bits per heavy atom. The average Bonchev–Trinajstić information content (AvgIpc) is 2.74. The van der Waals surface area contributed by atoms with Crippen molar-refractivity contribution < 1.29 is 13.2 Å². The van der Waals surface area contributed by atoms with Crippen molar-refractivity contribution in [3.05, 3.63) is 64.7 Å². The van der Waals surface area contributed by atoms with Gasteiger partial charge >= 0.3 is 0 Å². The number of hydrogen-bond donors (Lipinski definition) is 2. The van der Waals surface area contributed by atoms with E-state index >= 15 is 0 Å². The Kier molecular flexibility index (Phi) is 8.30. The van der Waals surface area contributed by atoms with E-state index in [-0.39, 0.29) is 27.6 Å². The van der Waals surface area contributed by atoms with Crippen LogP contribution in [0.15, 0.2) is 53.4 Å². The number of nitrogens with one attached hydrogen (secondary N) is 2. The van der Waals surface area contributed by atoms with Crippen molar-refractivity contribution in [2.75, 3.05) is 39.8 Å². The second-order valence-corrected chi connectivity index (χ2v) is 10.6. The van der Waals surface area contributed by atoms with Crippen LogP contribution >= 0.6 is 11.6 Å². The molecule has 32 heavy (non-hydrogen) atoms. The third-order valence-corrected chi connectivity index (χ3v) is 7.41. The molecule has 7 nitrogen and oxygen atoms in total. The zero-order valence-corrected chi connectivity index (χ0v) is 20.3. The van der Waals surface area contributed by atoms with Gasteiger partial charge in [-0.25, -0.2) is 13.1 Å². The highest BCUT2D eigenvalue weighted by Gasteiger charge is 2.24. The quantitative estimate of drug-likeness (QED) is 0.609. The van der Waals surface area contributed by atoms with Crippen molar-refractivity contribution >= 4 is 27.5 Å². The summed E-state index contributed by atoms with van der Waals surface area (Å²) in [5.41, 5.74) is 1.12. The highest BCUT2D eigenvalue weighted by Crippen LogP contribution is 2.23. The summed E-state index contributed by atoms with van der Waals surface area (Å²) >= 11 is 6.29. The molecule has 9 heteroatoms. The number of amides is 1. The molecule has 1 fully saturated rings. The largest absolute Gasteiger partial charge is 0.344 e. The van der Waals surface area contributed by atoms with Crippen LogP contribution in [-0.4, -0.2) is 69.9 Å². The van der Waals surface area contributed by atoms with Gasteiger partial charge in [-0.1, -0.05) is 41.9 Å². The zero-order chi connectivity index (χ0) is 23.3. The normalized spacial score (nSPS) is 16.8. The predicted octanol–water partition coefficient (Wildman–Crippen LogP) is 2.75. The van der Waals surface area contributed by atoms with Gasteiger partial charge < -0.3 is 10.2 Å². The lowest BCUT2D eigenvalue weighted by molar-refractivity contribution is 0.0907. The summed E-state index contributed by atoms with van der Waals surface area (Å²) in [4.78, 5) is 17.8. The first-order valence-electron chi connectivity index (χ1n) is 10.7. The van der Waals surface area contributed by atoms with Crippen molar-refractivity contribution in [3.8, 4) is 0 Å². The lowest BCUT2D eigenvalue weighted by Gasteiger charge is -2.35. The molecule has 1 saturated heterocycles. The third kappa shape index (κ3) is 6.52. The Bertz CT molecular complexity index is 1020. The second kappa shape index (κ2) is 10.8. The molecule has 1 atom stereocenters. The average molecular weight is 479 g/mol. The smallest absolute Gasteiger partial charge is 0.253 e. The fraction of sp³-hybridized carbons (Fsp3) is 0.435. The van der Waals surface area contributed by atoms with Crippen LogP contribution in [0.4, 0.5) is 0 Å². The number of nitrogens with zero attached hydrogens (tertiary/aromatic N) is 2. The lowest BCUT2D eigenvalue weighted by Crippen LogP contribution is -2.47. The number of benzene rings is 2. The van der Waals surface area contributed by atoms with Crippen molar-refractivity contribution in [1.29, 1.82) is 0 Å². The van der Waals surface area contributed by atoms with Gasteiger partial charge in [-0.05, 0) is 44.7 Å². The number of carbonyl (C=O) groups excluding carboxylic acids is 1. The van der Waals surface area contributed by atoms with Gasteiger partial charge in [0, 0.05) is 38.8 Å². The minimum Gasteiger partial charge on any atom is -0.344 e. The van der Waals surface area contributed by atoms with Crippen LogP contribution in [0.25, 0.3) is 0 Å². The van der Waals surface area contributed by atoms with Gasteiger partial charge in [0.2, 0.25) is 10.0 Å². The molecule has 2 aromatic rings. The van der Waals surface area contributed by atoms with Gasteiger partial charge in [0.05, 0.1) is 21.5 Å². The first-order valence-corrected chi connectivity index (χ1v) is 12.6. The summed E-state index contributed by atoms with van der Waals surface area (Å²) in [6, 6.07) is 13.5. The van der Waals surface area contributed by atoms with E-state index < -0.39 is 15.9 Å². The first-order chi connectivity index (χ1) is 15.2. The van der Waals surface area contributed by atoms with Crippen LogP contribution in [0.5, 0.6) is 0 Å². The standard InChI is InChI=1S/C23H31ClN4O3S/c1-17(2)26-32(30,31)19-9-10-21(24)20(15-19)23(29)25-22(18-7-5-4-6-8-18)16-28-13-11-27(3)12-14-28/h4-10,15,17,22,26H,11-14,16H2,1-3H3,(H,25,29). The first kappa shape index (κ1) is 24.7. The van der Waals surface area contributed by atoms with Crippen LogP contribution in [0, 0.1) is 0 Å². The molecule has 0 radical (unpaired) electrons. The summed E-state index contributed by atoms with van der Waals surface area (Å²) < 4.78 is 27.7. The van der Waals surface area contributed by atoms with Gasteiger partial charge in [-0.2, -0.15) is 0 Å². The maximum absolute atomic E-state index is 13.2. The summed E-state index contributed by atoms with van der Waals surface area (Å²) in [5.74, 6) is -0.403. The number of rotatable bonds is 8. The van der Waals surface area contributed by atoms with Crippen molar-refractivity contribution in [1.82, 2.24) is 19.8 Å². The molecule has 1 heterocycles. The van der Waals surface area contributed by atoms with E-state index in [1.54, 1.807) is 13.8 Å². The molecule has 0 aromatic heterocycles. The van der Waals surface area contributed by atoms with E-state index in [1.807, 2.05) is 30.3 Å². The highest BCUT2D eigenvalue weighted by molar-refractivity contribution is 7.89. The Hall–Kier alpha value is -1.97. The molecule has 0 saturated carbocycles. The van der Waals surface area contributed by atoms with Crippen molar-refractivity contribution in [2.24, 2.45) is 0 Å². The second-order valence-electron chi connectivity index (χ2n) is 8.46. The molecule has 1 unspecified atom stereocenters. The molecule has 1 aliphatic rings. The summed E-state index contributed by atoms with van der Waals surface area (Å²) in [6.45, 7) is 7.94. The molecule has 0 bridgehead atoms. The van der Waals surface area contributed by atoms with Gasteiger partial charge in [-0.15, -0.1) is 0 Å². The van der Waals surface area contributed by atoms with Gasteiger partial charge in [0.25, 0.3) is 5.91 Å². The van der Waals surface area contributed by atoms with E-state index in [4.69, 9.17) is 11.6 Å². The Morgan fingerprint density at radius 3 is 2.34 bits per heavy atom. The minimum absolute atomic E-state index is 0.0103. The zero-order valence-electron chi connectivity index (χ0n) is 18.7. The minimum atomic E-state index is -3.74. The molecular formula is C23H31ClN4O3S. The molecule has 2 N–H and O–H groups in total. The fourth-order valence-corrected chi connectivity index (χ4v) is 5.15. The van der Waals surface area contributed by atoms with E-state index in [0.29, 0.717) is 6.54 Å². The van der Waals surface area contributed by atoms with E-state index in [9.17, 15) is 13.2 Å². The number of carbonyl (C=O) groups is 1. The van der Waals surface area contributed by atoms with Gasteiger partial charge in [-0.3, -0.25) is 9.69 Å². The topological polar surface area (TPSA) is 81.7 Å². The summed E-state index contributed by atoms with van der Waals surface area (Å²) in [6.07, 6.45) is 0. The summed E-state index contributed by atoms with van der Waals surface area (Å²) in [7, 11) is -1.64. The lowest BCUT2D eigenvalue weighted by atomic mass is 10.0. The maximum Gasteiger partial charge on any atom is 0.253 e. The van der Waals surface area contributed by atoms with Gasteiger partial charge in [0.15, 0.2) is 0 Å². The van der Waals surface area contributed by atoms with Crippen molar-refractivity contribution in [2.45, 2.75) is 30.8 Å². The summed E-state index contributed by atoms with van der Waals surface area (Å²) in [5, 5.41) is 3.28. The molecule has 0 aliphatic carbocycles. The van der Waals surface area contributed by atoms with Gasteiger partial charge in [0.1, 0.15) is 0 Å². The monoisotopic (exact) mass is 478 g/mol. The highest BCUT2D eigenvalue weighted by atomic mass is 35.5. The van der Waals surface area contributed by atoms with E-state index in [1.165, 1.54) is 18.2 Å². The molecule has 1 amide bonds. The predicted molar refractivity (Wildman–Crippen MR) is 127 cm³/mol. The van der Waals surface area contributed by atoms with Crippen LogP contribution in [0.2, 0.25) is 5.02 Å². The molecule has 174 valence electrons. The Balaban J connectivity index is 1.83. The van der Waals surface area contributed by atoms with E-state index in [0.717, 1.165) is 31.7 Å². The fourth-order valence-electron chi connectivity index (χ4n) is 3.67. The third-order valence-electron chi connectivity index (χ3n) is 5.43. The van der Waals surface area contributed by atoms with Crippen molar-refractivity contribution in [3.63, 3.8) is 0 Å². The van der Waals surface area contributed by atoms with Crippen LogP contribution < -0.4 is 10.0 Å². The molecular weight excluding hydrogens is 448 g/mol. The number of sulfonamides is 1. The number of hydrogen-bond acceptors (Lipinski definition) is 5. The Labute approximate surface area is 195 Å². The van der Waals surface area contributed by atoms with Crippen LogP contribution in [0.3, 0.4) is 0 Å². The van der Waals surface area contributed by atoms with Crippen LogP contribution in [0.1, 0.15) is 35.8 Å². The number of halogens is 1. The maximum atomic E-state index is 13.2. The molecule has 2 aromatic carbocycles. The van der Waals surface area contributed by atoms with E-state index in [2.05, 4.69) is 26.9 Å². The Morgan fingerprint density at radius 2 is 1.72 bits per heavy atom. The van der Waals surface area contributed by atoms with Crippen LogP contribution in [-0.2, 0) is 10.0 Å². The molecule has 0 spiro atoms. The molecule has 3 rings (SSSR count). The SMILES string of the molecule is CC(C)NS(=O)(=O)c1ccc(Cl)c(C(=O)NC(CN2CCN(C)CC2)c2ccccc2)c1. The number of likely N-dealkylation sites (N-methyl/N-ethyl adjacent to an activating group) is 1. The molecule has 1 aliphatic heterocycles. The number of piperazine rings is 1.